The predicted octanol–water partition coefficient (Wildman–Crippen LogP) is 4.17. The van der Waals surface area contributed by atoms with E-state index in [1.165, 1.54) is 0 Å². The van der Waals surface area contributed by atoms with Crippen LogP contribution in [0.1, 0.15) is 55.9 Å². The number of rotatable bonds is 2. The number of hydrogen-bond acceptors (Lipinski definition) is 4. The molecule has 3 heterocycles. The Morgan fingerprint density at radius 2 is 1.90 bits per heavy atom. The fourth-order valence-electron chi connectivity index (χ4n) is 4.44. The Balaban J connectivity index is 2.10. The lowest BCUT2D eigenvalue weighted by atomic mass is 9.64. The summed E-state index contributed by atoms with van der Waals surface area (Å²) in [7, 11) is 0. The van der Waals surface area contributed by atoms with Crippen molar-refractivity contribution in [3.63, 3.8) is 0 Å². The minimum atomic E-state index is -2.85. The van der Waals surface area contributed by atoms with Gasteiger partial charge in [-0.25, -0.2) is 13.8 Å². The monoisotopic (exact) mass is 394 g/mol. The fourth-order valence-corrected chi connectivity index (χ4v) is 4.44. The number of carbonyl (C=O) groups excluding carboxylic acids is 1. The molecule has 0 aliphatic carbocycles. The lowest BCUT2D eigenvalue weighted by molar-refractivity contribution is -0.120. The molecule has 4 rings (SSSR count). The third-order valence-electron chi connectivity index (χ3n) is 5.68. The van der Waals surface area contributed by atoms with Crippen molar-refractivity contribution < 1.29 is 13.6 Å². The molecule has 0 radical (unpaired) electrons. The van der Waals surface area contributed by atoms with Gasteiger partial charge in [-0.05, 0) is 26.3 Å². The molecule has 2 aliphatic heterocycles. The second kappa shape index (κ2) is 6.38. The Bertz CT molecular complexity index is 1090. The third kappa shape index (κ3) is 2.79. The maximum Gasteiger partial charge on any atom is 0.266 e. The standard InChI is InChI=1S/C22H20F2N4O/c1-21(2)9-15-17(20(29)28-21)22(3,12-7-5-4-6-8-12)16-13(10-25)14(18(23)24)11-26-19(16)27-15/h4-8,11,18H,9H2,1-3H3,(H,26,27)(H,28,29)/t22-/m1/s1. The van der Waals surface area contributed by atoms with E-state index >= 15 is 0 Å². The fraction of sp³-hybridized carbons (Fsp3) is 0.318. The minimum absolute atomic E-state index is 0.145. The Hall–Kier alpha value is -3.27. The first-order chi connectivity index (χ1) is 13.7. The van der Waals surface area contributed by atoms with Crippen LogP contribution in [-0.4, -0.2) is 16.4 Å². The van der Waals surface area contributed by atoms with Crippen LogP contribution in [-0.2, 0) is 10.2 Å². The average Bonchev–Trinajstić information content (AvgIpc) is 2.66. The van der Waals surface area contributed by atoms with Gasteiger partial charge in [0, 0.05) is 29.4 Å². The van der Waals surface area contributed by atoms with Crippen LogP contribution in [0.25, 0.3) is 0 Å². The molecule has 1 amide bonds. The van der Waals surface area contributed by atoms with E-state index in [1.54, 1.807) is 6.92 Å². The summed E-state index contributed by atoms with van der Waals surface area (Å²) in [5, 5.41) is 16.0. The number of hydrogen-bond donors (Lipinski definition) is 2. The Morgan fingerprint density at radius 3 is 2.52 bits per heavy atom. The predicted molar refractivity (Wildman–Crippen MR) is 104 cm³/mol. The first kappa shape index (κ1) is 19.1. The van der Waals surface area contributed by atoms with E-state index in [4.69, 9.17) is 0 Å². The van der Waals surface area contributed by atoms with Gasteiger partial charge >= 0.3 is 0 Å². The van der Waals surface area contributed by atoms with Gasteiger partial charge in [-0.1, -0.05) is 30.3 Å². The van der Waals surface area contributed by atoms with Crippen molar-refractivity contribution in [3.05, 3.63) is 70.1 Å². The van der Waals surface area contributed by atoms with Gasteiger partial charge in [0.2, 0.25) is 0 Å². The van der Waals surface area contributed by atoms with Gasteiger partial charge in [0.05, 0.1) is 22.1 Å². The summed E-state index contributed by atoms with van der Waals surface area (Å²) in [5.74, 6) is 0.0497. The smallest absolute Gasteiger partial charge is 0.266 e. The number of pyridine rings is 1. The molecule has 0 spiro atoms. The van der Waals surface area contributed by atoms with Crippen LogP contribution in [0.15, 0.2) is 47.8 Å². The van der Waals surface area contributed by atoms with Crippen molar-refractivity contribution in [2.45, 2.75) is 44.6 Å². The average molecular weight is 394 g/mol. The van der Waals surface area contributed by atoms with Gasteiger partial charge in [-0.3, -0.25) is 4.79 Å². The van der Waals surface area contributed by atoms with E-state index in [0.717, 1.165) is 11.8 Å². The largest absolute Gasteiger partial charge is 0.347 e. The maximum absolute atomic E-state index is 13.6. The molecule has 1 aromatic heterocycles. The van der Waals surface area contributed by atoms with Crippen molar-refractivity contribution in [1.29, 1.82) is 5.26 Å². The zero-order chi connectivity index (χ0) is 21.0. The molecular weight excluding hydrogens is 374 g/mol. The molecule has 2 aliphatic rings. The van der Waals surface area contributed by atoms with Gasteiger partial charge in [0.25, 0.3) is 12.3 Å². The van der Waals surface area contributed by atoms with Crippen LogP contribution in [0, 0.1) is 11.3 Å². The number of amides is 1. The summed E-state index contributed by atoms with van der Waals surface area (Å²) < 4.78 is 27.3. The van der Waals surface area contributed by atoms with Crippen molar-refractivity contribution in [2.75, 3.05) is 5.32 Å². The zero-order valence-corrected chi connectivity index (χ0v) is 16.3. The van der Waals surface area contributed by atoms with Crippen LogP contribution in [0.4, 0.5) is 14.6 Å². The number of fused-ring (bicyclic) bond motifs is 1. The van der Waals surface area contributed by atoms with Gasteiger partial charge in [-0.15, -0.1) is 0 Å². The summed E-state index contributed by atoms with van der Waals surface area (Å²) in [6, 6.07) is 11.1. The third-order valence-corrected chi connectivity index (χ3v) is 5.68. The van der Waals surface area contributed by atoms with Gasteiger partial charge < -0.3 is 10.6 Å². The van der Waals surface area contributed by atoms with Crippen molar-refractivity contribution in [1.82, 2.24) is 10.3 Å². The highest BCUT2D eigenvalue weighted by atomic mass is 19.3. The van der Waals surface area contributed by atoms with E-state index < -0.39 is 22.9 Å². The molecule has 0 unspecified atom stereocenters. The van der Waals surface area contributed by atoms with Gasteiger partial charge in [-0.2, -0.15) is 5.26 Å². The van der Waals surface area contributed by atoms with Crippen LogP contribution in [0.2, 0.25) is 0 Å². The molecular formula is C22H20F2N4O. The molecule has 0 fully saturated rings. The van der Waals surface area contributed by atoms with Gasteiger partial charge in [0.1, 0.15) is 11.9 Å². The van der Waals surface area contributed by atoms with Crippen LogP contribution in [0.3, 0.4) is 0 Å². The van der Waals surface area contributed by atoms with Crippen LogP contribution < -0.4 is 10.6 Å². The Labute approximate surface area is 167 Å². The summed E-state index contributed by atoms with van der Waals surface area (Å²) in [6.07, 6.45) is -1.28. The summed E-state index contributed by atoms with van der Waals surface area (Å²) in [6.45, 7) is 5.63. The van der Waals surface area contributed by atoms with Gasteiger partial charge in [0.15, 0.2) is 0 Å². The highest BCUT2D eigenvalue weighted by Gasteiger charge is 2.49. The molecule has 5 nitrogen and oxygen atoms in total. The lowest BCUT2D eigenvalue weighted by Gasteiger charge is -2.45. The molecule has 148 valence electrons. The molecule has 1 aromatic carbocycles. The topological polar surface area (TPSA) is 77.8 Å². The minimum Gasteiger partial charge on any atom is -0.347 e. The molecule has 0 bridgehead atoms. The molecule has 2 aromatic rings. The number of carbonyl (C=O) groups is 1. The van der Waals surface area contributed by atoms with E-state index in [-0.39, 0.29) is 11.5 Å². The highest BCUT2D eigenvalue weighted by molar-refractivity contribution is 6.01. The number of nitrogens with one attached hydrogen (secondary N) is 2. The molecule has 7 heteroatoms. The van der Waals surface area contributed by atoms with E-state index in [1.807, 2.05) is 50.2 Å². The van der Waals surface area contributed by atoms with Crippen LogP contribution in [0.5, 0.6) is 0 Å². The number of halogens is 2. The van der Waals surface area contributed by atoms with Crippen molar-refractivity contribution in [2.24, 2.45) is 0 Å². The van der Waals surface area contributed by atoms with Crippen LogP contribution >= 0.6 is 0 Å². The molecule has 29 heavy (non-hydrogen) atoms. The van der Waals surface area contributed by atoms with E-state index in [2.05, 4.69) is 15.6 Å². The first-order valence-electron chi connectivity index (χ1n) is 9.29. The number of anilines is 1. The number of benzene rings is 1. The Kier molecular flexibility index (Phi) is 4.19. The van der Waals surface area contributed by atoms with Crippen molar-refractivity contribution >= 4 is 11.7 Å². The SMILES string of the molecule is CC1(C)CC2=C(C(=O)N1)[C@](C)(c1ccccc1)c1c(ncc(C(F)F)c1C#N)N2. The number of alkyl halides is 2. The number of aromatic nitrogens is 1. The van der Waals surface area contributed by atoms with E-state index in [0.29, 0.717) is 29.1 Å². The summed E-state index contributed by atoms with van der Waals surface area (Å²) in [5.41, 5.74) is -0.00464. The second-order valence-corrected chi connectivity index (χ2v) is 8.21. The molecule has 1 atom stereocenters. The molecule has 2 N–H and O–H groups in total. The maximum atomic E-state index is 13.6. The molecule has 0 saturated carbocycles. The highest BCUT2D eigenvalue weighted by Crippen LogP contribution is 2.51. The zero-order valence-electron chi connectivity index (χ0n) is 16.3. The Morgan fingerprint density at radius 1 is 1.21 bits per heavy atom. The summed E-state index contributed by atoms with van der Waals surface area (Å²) >= 11 is 0. The number of nitrogens with zero attached hydrogens (tertiary/aromatic N) is 2. The first-order valence-corrected chi connectivity index (χ1v) is 9.29. The quantitative estimate of drug-likeness (QED) is 0.801. The van der Waals surface area contributed by atoms with E-state index in [9.17, 15) is 18.8 Å². The summed E-state index contributed by atoms with van der Waals surface area (Å²) in [4.78, 5) is 17.4. The second-order valence-electron chi connectivity index (χ2n) is 8.21. The normalized spacial score (nSPS) is 22.3. The molecule has 0 saturated heterocycles. The van der Waals surface area contributed by atoms with Crippen molar-refractivity contribution in [3.8, 4) is 6.07 Å². The number of nitriles is 1. The lowest BCUT2D eigenvalue weighted by Crippen LogP contribution is -2.54.